The molecule has 0 aromatic carbocycles. The Labute approximate surface area is 128 Å². The van der Waals surface area contributed by atoms with E-state index in [9.17, 15) is 4.79 Å². The minimum atomic E-state index is -0.0145. The third-order valence-electron chi connectivity index (χ3n) is 4.21. The number of carbonyl (C=O) groups is 1. The lowest BCUT2D eigenvalue weighted by atomic mass is 10.0. The van der Waals surface area contributed by atoms with Gasteiger partial charge in [-0.25, -0.2) is 0 Å². The molecule has 0 radical (unpaired) electrons. The van der Waals surface area contributed by atoms with Gasteiger partial charge in [-0.05, 0) is 44.2 Å². The second-order valence-electron chi connectivity index (χ2n) is 5.39. The maximum atomic E-state index is 12.9. The van der Waals surface area contributed by atoms with E-state index in [1.807, 2.05) is 18.7 Å². The van der Waals surface area contributed by atoms with Crippen molar-refractivity contribution in [2.45, 2.75) is 39.8 Å². The van der Waals surface area contributed by atoms with Crippen molar-refractivity contribution >= 4 is 22.9 Å². The maximum absolute atomic E-state index is 12.9. The van der Waals surface area contributed by atoms with Crippen molar-refractivity contribution in [3.63, 3.8) is 0 Å². The number of rotatable bonds is 2. The van der Waals surface area contributed by atoms with Gasteiger partial charge in [0.1, 0.15) is 5.69 Å². The first-order chi connectivity index (χ1) is 10.0. The summed E-state index contributed by atoms with van der Waals surface area (Å²) >= 11 is 1.77. The van der Waals surface area contributed by atoms with Crippen LogP contribution in [0.4, 0.5) is 5.69 Å². The third kappa shape index (κ3) is 2.14. The van der Waals surface area contributed by atoms with Crippen molar-refractivity contribution in [1.82, 2.24) is 14.7 Å². The number of nitrogens with two attached hydrogens (primary N) is 1. The highest BCUT2D eigenvalue weighted by atomic mass is 32.1. The highest BCUT2D eigenvalue weighted by molar-refractivity contribution is 7.10. The number of nitrogen functional groups attached to an aromatic ring is 1. The summed E-state index contributed by atoms with van der Waals surface area (Å²) in [6.07, 6.45) is 0.919. The van der Waals surface area contributed by atoms with Crippen LogP contribution >= 0.6 is 11.3 Å². The molecular formula is C15H20N4OS. The van der Waals surface area contributed by atoms with Crippen LogP contribution in [0.1, 0.15) is 46.5 Å². The zero-order chi connectivity index (χ0) is 15.1. The number of nitrogens with zero attached hydrogens (tertiary/aromatic N) is 3. The van der Waals surface area contributed by atoms with Gasteiger partial charge in [0.25, 0.3) is 5.91 Å². The molecule has 0 saturated heterocycles. The molecule has 21 heavy (non-hydrogen) atoms. The number of aryl methyl sites for hydroxylation is 2. The van der Waals surface area contributed by atoms with E-state index >= 15 is 0 Å². The second-order valence-corrected chi connectivity index (χ2v) is 6.39. The number of hydrogen-bond acceptors (Lipinski definition) is 4. The monoisotopic (exact) mass is 304 g/mol. The van der Waals surface area contributed by atoms with Crippen LogP contribution in [0.2, 0.25) is 0 Å². The quantitative estimate of drug-likeness (QED) is 0.927. The van der Waals surface area contributed by atoms with Gasteiger partial charge in [0.05, 0.1) is 17.4 Å². The van der Waals surface area contributed by atoms with Crippen molar-refractivity contribution in [3.8, 4) is 0 Å². The van der Waals surface area contributed by atoms with Crippen molar-refractivity contribution in [2.24, 2.45) is 0 Å². The first kappa shape index (κ1) is 14.1. The van der Waals surface area contributed by atoms with Gasteiger partial charge in [-0.2, -0.15) is 5.10 Å². The fourth-order valence-corrected chi connectivity index (χ4v) is 3.94. The van der Waals surface area contributed by atoms with E-state index in [1.165, 1.54) is 10.4 Å². The maximum Gasteiger partial charge on any atom is 0.274 e. The summed E-state index contributed by atoms with van der Waals surface area (Å²) < 4.78 is 1.71. The van der Waals surface area contributed by atoms with Crippen LogP contribution in [0, 0.1) is 6.92 Å². The summed E-state index contributed by atoms with van der Waals surface area (Å²) in [6, 6.07) is 2.21. The fourth-order valence-electron chi connectivity index (χ4n) is 2.97. The lowest BCUT2D eigenvalue weighted by molar-refractivity contribution is 0.0667. The molecule has 0 bridgehead atoms. The average molecular weight is 304 g/mol. The molecule has 1 unspecified atom stereocenters. The summed E-state index contributed by atoms with van der Waals surface area (Å²) in [4.78, 5) is 16.2. The van der Waals surface area contributed by atoms with Crippen molar-refractivity contribution in [2.75, 3.05) is 12.3 Å². The third-order valence-corrected chi connectivity index (χ3v) is 5.21. The van der Waals surface area contributed by atoms with Gasteiger partial charge in [-0.1, -0.05) is 0 Å². The molecule has 1 aliphatic heterocycles. The summed E-state index contributed by atoms with van der Waals surface area (Å²) in [7, 11) is 0. The molecule has 2 aromatic heterocycles. The van der Waals surface area contributed by atoms with Crippen LogP contribution in [-0.4, -0.2) is 27.1 Å². The molecule has 1 amide bonds. The number of amides is 1. The van der Waals surface area contributed by atoms with Gasteiger partial charge in [0.15, 0.2) is 0 Å². The molecule has 2 N–H and O–H groups in total. The van der Waals surface area contributed by atoms with Crippen LogP contribution in [0.5, 0.6) is 0 Å². The van der Waals surface area contributed by atoms with E-state index in [2.05, 4.69) is 23.5 Å². The summed E-state index contributed by atoms with van der Waals surface area (Å²) in [6.45, 7) is 7.28. The van der Waals surface area contributed by atoms with Crippen molar-refractivity contribution in [1.29, 1.82) is 0 Å². The molecule has 1 atom stereocenters. The van der Waals surface area contributed by atoms with Gasteiger partial charge < -0.3 is 10.6 Å². The van der Waals surface area contributed by atoms with Crippen molar-refractivity contribution in [3.05, 3.63) is 33.3 Å². The zero-order valence-electron chi connectivity index (χ0n) is 12.6. The highest BCUT2D eigenvalue weighted by Gasteiger charge is 2.32. The Morgan fingerprint density at radius 1 is 1.57 bits per heavy atom. The van der Waals surface area contributed by atoms with Crippen LogP contribution in [-0.2, 0) is 13.0 Å². The van der Waals surface area contributed by atoms with Crippen molar-refractivity contribution < 1.29 is 4.79 Å². The summed E-state index contributed by atoms with van der Waals surface area (Å²) in [5, 5.41) is 6.45. The molecule has 112 valence electrons. The normalized spacial score (nSPS) is 17.9. The van der Waals surface area contributed by atoms with E-state index in [1.54, 1.807) is 16.0 Å². The lowest BCUT2D eigenvalue weighted by Crippen LogP contribution is -2.39. The Kier molecular flexibility index (Phi) is 3.49. The molecule has 0 aliphatic carbocycles. The van der Waals surface area contributed by atoms with E-state index in [0.29, 0.717) is 17.9 Å². The molecule has 0 saturated carbocycles. The largest absolute Gasteiger partial charge is 0.395 e. The van der Waals surface area contributed by atoms with Gasteiger partial charge in [-0.3, -0.25) is 9.48 Å². The Morgan fingerprint density at radius 3 is 3.05 bits per heavy atom. The van der Waals surface area contributed by atoms with E-state index in [4.69, 9.17) is 5.73 Å². The number of thiophene rings is 1. The molecule has 0 fully saturated rings. The molecule has 3 rings (SSSR count). The summed E-state index contributed by atoms with van der Waals surface area (Å²) in [5.41, 5.74) is 9.10. The number of hydrogen-bond donors (Lipinski definition) is 1. The Balaban J connectivity index is 1.97. The molecule has 1 aliphatic rings. The standard InChI is InChI=1S/C15H20N4OS/c1-4-19-14(13(16)9(2)17-19)15(20)18-7-5-12-11(10(18)3)6-8-21-12/h6,8,10H,4-5,7,16H2,1-3H3. The van der Waals surface area contributed by atoms with Gasteiger partial charge in [0.2, 0.25) is 0 Å². The molecule has 0 spiro atoms. The van der Waals surface area contributed by atoms with E-state index in [-0.39, 0.29) is 11.9 Å². The molecule has 3 heterocycles. The van der Waals surface area contributed by atoms with Gasteiger partial charge in [-0.15, -0.1) is 11.3 Å². The predicted molar refractivity (Wildman–Crippen MR) is 84.5 cm³/mol. The van der Waals surface area contributed by atoms with Crippen LogP contribution in [0.25, 0.3) is 0 Å². The summed E-state index contributed by atoms with van der Waals surface area (Å²) in [5.74, 6) is -0.0145. The molecule has 2 aromatic rings. The topological polar surface area (TPSA) is 64.2 Å². The highest BCUT2D eigenvalue weighted by Crippen LogP contribution is 2.34. The van der Waals surface area contributed by atoms with Gasteiger partial charge in [0, 0.05) is 18.0 Å². The Hall–Kier alpha value is -1.82. The van der Waals surface area contributed by atoms with E-state index < -0.39 is 0 Å². The van der Waals surface area contributed by atoms with E-state index in [0.717, 1.165) is 18.7 Å². The lowest BCUT2D eigenvalue weighted by Gasteiger charge is -2.33. The van der Waals surface area contributed by atoms with Crippen LogP contribution in [0.3, 0.4) is 0 Å². The van der Waals surface area contributed by atoms with Gasteiger partial charge >= 0.3 is 0 Å². The number of aromatic nitrogens is 2. The number of carbonyl (C=O) groups excluding carboxylic acids is 1. The number of fused-ring (bicyclic) bond motifs is 1. The van der Waals surface area contributed by atoms with Crippen LogP contribution in [0.15, 0.2) is 11.4 Å². The smallest absolute Gasteiger partial charge is 0.274 e. The average Bonchev–Trinajstić information content (AvgIpc) is 3.05. The Morgan fingerprint density at radius 2 is 2.33 bits per heavy atom. The molecular weight excluding hydrogens is 284 g/mol. The zero-order valence-corrected chi connectivity index (χ0v) is 13.4. The number of anilines is 1. The predicted octanol–water partition coefficient (Wildman–Crippen LogP) is 2.61. The Bertz CT molecular complexity index is 688. The molecule has 5 nitrogen and oxygen atoms in total. The molecule has 6 heteroatoms. The first-order valence-electron chi connectivity index (χ1n) is 7.24. The minimum Gasteiger partial charge on any atom is -0.395 e. The minimum absolute atomic E-state index is 0.0145. The van der Waals surface area contributed by atoms with Crippen LogP contribution < -0.4 is 5.73 Å². The fraction of sp³-hybridized carbons (Fsp3) is 0.467. The SMILES string of the molecule is CCn1nc(C)c(N)c1C(=O)N1CCc2sccc2C1C. The second kappa shape index (κ2) is 5.18. The first-order valence-corrected chi connectivity index (χ1v) is 8.12.